The minimum Gasteiger partial charge on any atom is -0.452 e. The molecule has 0 heterocycles. The van der Waals surface area contributed by atoms with E-state index in [1.165, 1.54) is 18.2 Å². The number of rotatable bonds is 5. The third-order valence-electron chi connectivity index (χ3n) is 5.22. The van der Waals surface area contributed by atoms with Crippen molar-refractivity contribution in [2.75, 3.05) is 6.61 Å². The summed E-state index contributed by atoms with van der Waals surface area (Å²) in [5, 5.41) is 2.80. The molecule has 1 amide bonds. The van der Waals surface area contributed by atoms with Gasteiger partial charge in [0.2, 0.25) is 0 Å². The molecule has 0 spiro atoms. The van der Waals surface area contributed by atoms with Gasteiger partial charge in [0.15, 0.2) is 18.2 Å². The molecular weight excluding hydrogens is 358 g/mol. The predicted molar refractivity (Wildman–Crippen MR) is 100 cm³/mol. The van der Waals surface area contributed by atoms with Crippen molar-refractivity contribution in [2.24, 2.45) is 5.92 Å². The molecule has 6 nitrogen and oxygen atoms in total. The lowest BCUT2D eigenvalue weighted by atomic mass is 9.82. The SMILES string of the molecule is C[C@@H](NC(=O)COC(=O)c1cccc2c1C(=O)c1ccccc1C2=O)C1CC1. The molecule has 2 aliphatic rings. The number of hydrogen-bond acceptors (Lipinski definition) is 5. The van der Waals surface area contributed by atoms with Crippen molar-refractivity contribution in [1.29, 1.82) is 0 Å². The van der Waals surface area contributed by atoms with Gasteiger partial charge >= 0.3 is 5.97 Å². The number of nitrogens with one attached hydrogen (secondary N) is 1. The Kier molecular flexibility index (Phi) is 4.55. The number of carbonyl (C=O) groups is 4. The van der Waals surface area contributed by atoms with E-state index >= 15 is 0 Å². The Bertz CT molecular complexity index is 1010. The number of benzene rings is 2. The zero-order valence-corrected chi connectivity index (χ0v) is 15.4. The van der Waals surface area contributed by atoms with E-state index in [1.807, 2.05) is 6.92 Å². The predicted octanol–water partition coefficient (Wildman–Crippen LogP) is 2.53. The highest BCUT2D eigenvalue weighted by Crippen LogP contribution is 2.32. The van der Waals surface area contributed by atoms with E-state index in [0.29, 0.717) is 11.5 Å². The van der Waals surface area contributed by atoms with Gasteiger partial charge in [0.25, 0.3) is 5.91 Å². The molecule has 1 fully saturated rings. The third-order valence-corrected chi connectivity index (χ3v) is 5.22. The van der Waals surface area contributed by atoms with E-state index in [-0.39, 0.29) is 40.0 Å². The normalized spacial score (nSPS) is 16.0. The van der Waals surface area contributed by atoms with Crippen LogP contribution in [-0.4, -0.2) is 36.1 Å². The van der Waals surface area contributed by atoms with Crippen LogP contribution in [0.3, 0.4) is 0 Å². The lowest BCUT2D eigenvalue weighted by molar-refractivity contribution is -0.124. The van der Waals surface area contributed by atoms with Crippen LogP contribution in [0.25, 0.3) is 0 Å². The first-order chi connectivity index (χ1) is 13.5. The maximum absolute atomic E-state index is 12.9. The number of fused-ring (bicyclic) bond motifs is 2. The van der Waals surface area contributed by atoms with Gasteiger partial charge in [-0.2, -0.15) is 0 Å². The maximum atomic E-state index is 12.9. The Morgan fingerprint density at radius 1 is 1.00 bits per heavy atom. The highest BCUT2D eigenvalue weighted by Gasteiger charge is 2.33. The molecule has 28 heavy (non-hydrogen) atoms. The second kappa shape index (κ2) is 7.03. The zero-order chi connectivity index (χ0) is 19.8. The standard InChI is InChI=1S/C22H19NO5/c1-12(13-9-10-13)23-18(24)11-28-22(27)17-8-4-7-16-19(17)21(26)15-6-3-2-5-14(15)20(16)25/h2-8,12-13H,9-11H2,1H3,(H,23,24)/t12-/m1/s1. The summed E-state index contributed by atoms with van der Waals surface area (Å²) in [5.41, 5.74) is 0.775. The molecule has 2 aliphatic carbocycles. The number of ketones is 2. The van der Waals surface area contributed by atoms with Gasteiger partial charge in [-0.3, -0.25) is 14.4 Å². The summed E-state index contributed by atoms with van der Waals surface area (Å²) in [6.45, 7) is 1.49. The average molecular weight is 377 g/mol. The summed E-state index contributed by atoms with van der Waals surface area (Å²) in [5.74, 6) is -1.40. The number of amides is 1. The molecule has 2 aromatic carbocycles. The van der Waals surface area contributed by atoms with Crippen molar-refractivity contribution in [1.82, 2.24) is 5.32 Å². The summed E-state index contributed by atoms with van der Waals surface area (Å²) in [7, 11) is 0. The molecule has 0 saturated heterocycles. The highest BCUT2D eigenvalue weighted by atomic mass is 16.5. The fraction of sp³-hybridized carbons (Fsp3) is 0.273. The van der Waals surface area contributed by atoms with Crippen LogP contribution in [0.4, 0.5) is 0 Å². The van der Waals surface area contributed by atoms with Crippen molar-refractivity contribution >= 4 is 23.4 Å². The third kappa shape index (κ3) is 3.22. The first kappa shape index (κ1) is 18.1. The van der Waals surface area contributed by atoms with E-state index in [9.17, 15) is 19.2 Å². The monoisotopic (exact) mass is 377 g/mol. The smallest absolute Gasteiger partial charge is 0.339 e. The maximum Gasteiger partial charge on any atom is 0.339 e. The fourth-order valence-electron chi connectivity index (χ4n) is 3.53. The number of ether oxygens (including phenoxy) is 1. The Morgan fingerprint density at radius 3 is 2.32 bits per heavy atom. The molecule has 4 rings (SSSR count). The van der Waals surface area contributed by atoms with Crippen LogP contribution in [0.5, 0.6) is 0 Å². The van der Waals surface area contributed by atoms with Gasteiger partial charge in [0, 0.05) is 28.3 Å². The molecular formula is C22H19NO5. The molecule has 0 aliphatic heterocycles. The van der Waals surface area contributed by atoms with Crippen LogP contribution in [-0.2, 0) is 9.53 Å². The Labute approximate surface area is 161 Å². The van der Waals surface area contributed by atoms with Crippen molar-refractivity contribution in [3.8, 4) is 0 Å². The number of carbonyl (C=O) groups excluding carboxylic acids is 4. The lowest BCUT2D eigenvalue weighted by Crippen LogP contribution is -2.37. The van der Waals surface area contributed by atoms with Crippen molar-refractivity contribution in [3.63, 3.8) is 0 Å². The quantitative estimate of drug-likeness (QED) is 0.690. The molecule has 0 bridgehead atoms. The van der Waals surface area contributed by atoms with Crippen LogP contribution in [0.1, 0.15) is 62.0 Å². The number of esters is 1. The fourth-order valence-corrected chi connectivity index (χ4v) is 3.53. The zero-order valence-electron chi connectivity index (χ0n) is 15.4. The minimum atomic E-state index is -0.799. The summed E-state index contributed by atoms with van der Waals surface area (Å²) in [6, 6.07) is 11.0. The largest absolute Gasteiger partial charge is 0.452 e. The summed E-state index contributed by atoms with van der Waals surface area (Å²) >= 11 is 0. The van der Waals surface area contributed by atoms with E-state index in [1.54, 1.807) is 24.3 Å². The van der Waals surface area contributed by atoms with Crippen LogP contribution in [0.2, 0.25) is 0 Å². The summed E-state index contributed by atoms with van der Waals surface area (Å²) < 4.78 is 5.11. The minimum absolute atomic E-state index is 0.00612. The van der Waals surface area contributed by atoms with Crippen LogP contribution in [0, 0.1) is 5.92 Å². The van der Waals surface area contributed by atoms with E-state index in [0.717, 1.165) is 12.8 Å². The lowest BCUT2D eigenvalue weighted by Gasteiger charge is -2.19. The van der Waals surface area contributed by atoms with Gasteiger partial charge in [0.1, 0.15) is 0 Å². The van der Waals surface area contributed by atoms with Gasteiger partial charge < -0.3 is 10.1 Å². The van der Waals surface area contributed by atoms with E-state index in [4.69, 9.17) is 4.74 Å². The van der Waals surface area contributed by atoms with Crippen LogP contribution >= 0.6 is 0 Å². The van der Waals surface area contributed by atoms with Crippen molar-refractivity contribution < 1.29 is 23.9 Å². The molecule has 0 unspecified atom stereocenters. The molecule has 1 atom stereocenters. The Hall–Kier alpha value is -3.28. The van der Waals surface area contributed by atoms with Gasteiger partial charge in [-0.25, -0.2) is 4.79 Å². The van der Waals surface area contributed by atoms with E-state index < -0.39 is 18.4 Å². The van der Waals surface area contributed by atoms with Gasteiger partial charge in [-0.15, -0.1) is 0 Å². The highest BCUT2D eigenvalue weighted by molar-refractivity contribution is 6.30. The van der Waals surface area contributed by atoms with Crippen molar-refractivity contribution in [2.45, 2.75) is 25.8 Å². The Morgan fingerprint density at radius 2 is 1.64 bits per heavy atom. The molecule has 1 saturated carbocycles. The summed E-state index contributed by atoms with van der Waals surface area (Å²) in [6.07, 6.45) is 2.18. The van der Waals surface area contributed by atoms with E-state index in [2.05, 4.69) is 5.32 Å². The average Bonchev–Trinajstić information content (AvgIpc) is 3.55. The molecule has 0 aromatic heterocycles. The first-order valence-electron chi connectivity index (χ1n) is 9.25. The second-order valence-corrected chi connectivity index (χ2v) is 7.20. The van der Waals surface area contributed by atoms with Crippen LogP contribution < -0.4 is 5.32 Å². The molecule has 6 heteroatoms. The second-order valence-electron chi connectivity index (χ2n) is 7.20. The Balaban J connectivity index is 1.54. The van der Waals surface area contributed by atoms with Crippen LogP contribution in [0.15, 0.2) is 42.5 Å². The molecule has 142 valence electrons. The first-order valence-corrected chi connectivity index (χ1v) is 9.25. The molecule has 2 aromatic rings. The topological polar surface area (TPSA) is 89.5 Å². The van der Waals surface area contributed by atoms with Gasteiger partial charge in [-0.1, -0.05) is 36.4 Å². The van der Waals surface area contributed by atoms with Crippen molar-refractivity contribution in [3.05, 3.63) is 70.3 Å². The van der Waals surface area contributed by atoms with Gasteiger partial charge in [0.05, 0.1) is 5.56 Å². The molecule has 0 radical (unpaired) electrons. The summed E-state index contributed by atoms with van der Waals surface area (Å²) in [4.78, 5) is 50.2. The molecule has 1 N–H and O–H groups in total. The van der Waals surface area contributed by atoms with Gasteiger partial charge in [-0.05, 0) is 31.7 Å². The number of hydrogen-bond donors (Lipinski definition) is 1.